The van der Waals surface area contributed by atoms with E-state index in [4.69, 9.17) is 0 Å². The van der Waals surface area contributed by atoms with Crippen molar-refractivity contribution in [2.45, 2.75) is 58.9 Å². The molecule has 1 aliphatic carbocycles. The van der Waals surface area contributed by atoms with Crippen LogP contribution in [0.4, 0.5) is 0 Å². The molecule has 1 heterocycles. The lowest BCUT2D eigenvalue weighted by molar-refractivity contribution is 0.205. The Morgan fingerprint density at radius 3 is 2.74 bits per heavy atom. The van der Waals surface area contributed by atoms with Gasteiger partial charge in [0.1, 0.15) is 0 Å². The molecular weight excluding hydrogens is 232 g/mol. The second kappa shape index (κ2) is 7.44. The van der Waals surface area contributed by atoms with Gasteiger partial charge in [-0.15, -0.1) is 0 Å². The summed E-state index contributed by atoms with van der Waals surface area (Å²) in [5, 5.41) is 3.77. The van der Waals surface area contributed by atoms with Gasteiger partial charge in [0, 0.05) is 12.6 Å². The fourth-order valence-corrected chi connectivity index (χ4v) is 3.80. The number of likely N-dealkylation sites (tertiary alicyclic amines) is 1. The standard InChI is InChI=1S/C17H32N2/c1-14-9-15(2)11-17(10-14)12-18-16(3)13-19-7-5-4-6-8-19/h9,14,16-18H,4-8,10-13H2,1-3H3. The molecule has 2 heteroatoms. The summed E-state index contributed by atoms with van der Waals surface area (Å²) in [6.45, 7) is 12.1. The molecule has 1 aliphatic heterocycles. The van der Waals surface area contributed by atoms with E-state index in [0.717, 1.165) is 11.8 Å². The van der Waals surface area contributed by atoms with E-state index in [2.05, 4.69) is 37.1 Å². The summed E-state index contributed by atoms with van der Waals surface area (Å²) in [6, 6.07) is 0.639. The molecule has 0 spiro atoms. The highest BCUT2D eigenvalue weighted by molar-refractivity contribution is 5.06. The van der Waals surface area contributed by atoms with Crippen molar-refractivity contribution in [3.05, 3.63) is 11.6 Å². The van der Waals surface area contributed by atoms with Crippen LogP contribution < -0.4 is 5.32 Å². The second-order valence-corrected chi connectivity index (χ2v) is 6.97. The Balaban J connectivity index is 1.65. The molecule has 0 amide bonds. The third-order valence-electron chi connectivity index (χ3n) is 4.62. The van der Waals surface area contributed by atoms with Crippen LogP contribution in [0.3, 0.4) is 0 Å². The van der Waals surface area contributed by atoms with Gasteiger partial charge in [-0.25, -0.2) is 0 Å². The minimum atomic E-state index is 0.639. The predicted octanol–water partition coefficient (Wildman–Crippen LogP) is 3.44. The minimum Gasteiger partial charge on any atom is -0.313 e. The van der Waals surface area contributed by atoms with E-state index in [1.165, 1.54) is 58.3 Å². The van der Waals surface area contributed by atoms with E-state index in [9.17, 15) is 0 Å². The van der Waals surface area contributed by atoms with Crippen molar-refractivity contribution in [3.63, 3.8) is 0 Å². The van der Waals surface area contributed by atoms with Gasteiger partial charge in [-0.05, 0) is 71.0 Å². The highest BCUT2D eigenvalue weighted by atomic mass is 15.1. The van der Waals surface area contributed by atoms with Gasteiger partial charge in [0.05, 0.1) is 0 Å². The number of hydrogen-bond acceptors (Lipinski definition) is 2. The molecule has 19 heavy (non-hydrogen) atoms. The van der Waals surface area contributed by atoms with Crippen molar-refractivity contribution in [2.24, 2.45) is 11.8 Å². The quantitative estimate of drug-likeness (QED) is 0.765. The second-order valence-electron chi connectivity index (χ2n) is 6.97. The SMILES string of the molecule is CC1=CC(C)CC(CNC(C)CN2CCCCC2)C1. The van der Waals surface area contributed by atoms with Crippen LogP contribution in [0.1, 0.15) is 52.9 Å². The van der Waals surface area contributed by atoms with Gasteiger partial charge >= 0.3 is 0 Å². The van der Waals surface area contributed by atoms with E-state index >= 15 is 0 Å². The molecule has 2 aliphatic rings. The molecule has 2 nitrogen and oxygen atoms in total. The number of hydrogen-bond donors (Lipinski definition) is 1. The first-order chi connectivity index (χ1) is 9.13. The van der Waals surface area contributed by atoms with E-state index in [1.54, 1.807) is 5.57 Å². The first-order valence-electron chi connectivity index (χ1n) is 8.26. The molecule has 3 unspecified atom stereocenters. The third-order valence-corrected chi connectivity index (χ3v) is 4.62. The molecule has 1 saturated heterocycles. The molecule has 1 N–H and O–H groups in total. The molecule has 1 fully saturated rings. The van der Waals surface area contributed by atoms with Gasteiger partial charge in [-0.3, -0.25) is 0 Å². The maximum absolute atomic E-state index is 3.77. The minimum absolute atomic E-state index is 0.639. The molecule has 0 aromatic carbocycles. The average Bonchev–Trinajstić information content (AvgIpc) is 2.36. The maximum Gasteiger partial charge on any atom is 0.0166 e. The number of rotatable bonds is 5. The van der Waals surface area contributed by atoms with Crippen molar-refractivity contribution < 1.29 is 0 Å². The zero-order valence-corrected chi connectivity index (χ0v) is 13.1. The Morgan fingerprint density at radius 2 is 2.05 bits per heavy atom. The first kappa shape index (κ1) is 15.1. The van der Waals surface area contributed by atoms with Crippen molar-refractivity contribution in [3.8, 4) is 0 Å². The van der Waals surface area contributed by atoms with Gasteiger partial charge in [0.2, 0.25) is 0 Å². The average molecular weight is 264 g/mol. The molecular formula is C17H32N2. The molecule has 0 aromatic rings. The summed E-state index contributed by atoms with van der Waals surface area (Å²) in [4.78, 5) is 2.63. The highest BCUT2D eigenvalue weighted by Gasteiger charge is 2.19. The molecule has 2 rings (SSSR count). The van der Waals surface area contributed by atoms with Crippen LogP contribution in [0.5, 0.6) is 0 Å². The summed E-state index contributed by atoms with van der Waals surface area (Å²) >= 11 is 0. The Kier molecular flexibility index (Phi) is 5.90. The van der Waals surface area contributed by atoms with Crippen molar-refractivity contribution >= 4 is 0 Å². The van der Waals surface area contributed by atoms with E-state index in [-0.39, 0.29) is 0 Å². The number of nitrogens with one attached hydrogen (secondary N) is 1. The van der Waals surface area contributed by atoms with Crippen LogP contribution in [-0.4, -0.2) is 37.1 Å². The fraction of sp³-hybridized carbons (Fsp3) is 0.882. The van der Waals surface area contributed by atoms with Crippen molar-refractivity contribution in [1.29, 1.82) is 0 Å². The number of nitrogens with zero attached hydrogens (tertiary/aromatic N) is 1. The van der Waals surface area contributed by atoms with Gasteiger partial charge in [-0.2, -0.15) is 0 Å². The van der Waals surface area contributed by atoms with Crippen LogP contribution >= 0.6 is 0 Å². The first-order valence-corrected chi connectivity index (χ1v) is 8.26. The van der Waals surface area contributed by atoms with Crippen LogP contribution in [0.2, 0.25) is 0 Å². The number of allylic oxidation sites excluding steroid dienone is 2. The van der Waals surface area contributed by atoms with Crippen molar-refractivity contribution in [2.75, 3.05) is 26.2 Å². The van der Waals surface area contributed by atoms with Crippen LogP contribution in [0.15, 0.2) is 11.6 Å². The fourth-order valence-electron chi connectivity index (χ4n) is 3.80. The van der Waals surface area contributed by atoms with Crippen LogP contribution in [0.25, 0.3) is 0 Å². The lowest BCUT2D eigenvalue weighted by Crippen LogP contribution is -2.43. The largest absolute Gasteiger partial charge is 0.313 e. The molecule has 3 atom stereocenters. The summed E-state index contributed by atoms with van der Waals surface area (Å²) in [5.41, 5.74) is 1.59. The smallest absolute Gasteiger partial charge is 0.0166 e. The molecule has 0 saturated carbocycles. The van der Waals surface area contributed by atoms with Gasteiger partial charge in [0.15, 0.2) is 0 Å². The Labute approximate surface area is 119 Å². The molecule has 0 bridgehead atoms. The maximum atomic E-state index is 3.77. The van der Waals surface area contributed by atoms with Crippen LogP contribution in [0, 0.1) is 11.8 Å². The van der Waals surface area contributed by atoms with E-state index in [0.29, 0.717) is 6.04 Å². The van der Waals surface area contributed by atoms with E-state index in [1.807, 2.05) is 0 Å². The predicted molar refractivity (Wildman–Crippen MR) is 83.4 cm³/mol. The normalized spacial score (nSPS) is 31.0. The van der Waals surface area contributed by atoms with Gasteiger partial charge < -0.3 is 10.2 Å². The topological polar surface area (TPSA) is 15.3 Å². The van der Waals surface area contributed by atoms with Crippen LogP contribution in [-0.2, 0) is 0 Å². The van der Waals surface area contributed by atoms with Crippen molar-refractivity contribution in [1.82, 2.24) is 10.2 Å². The number of piperidine rings is 1. The Hall–Kier alpha value is -0.340. The molecule has 0 aromatic heterocycles. The van der Waals surface area contributed by atoms with E-state index < -0.39 is 0 Å². The Bertz CT molecular complexity index is 292. The third kappa shape index (κ3) is 5.27. The summed E-state index contributed by atoms with van der Waals surface area (Å²) < 4.78 is 0. The molecule has 0 radical (unpaired) electrons. The lowest BCUT2D eigenvalue weighted by atomic mass is 9.83. The Morgan fingerprint density at radius 1 is 1.32 bits per heavy atom. The zero-order valence-electron chi connectivity index (χ0n) is 13.1. The summed E-state index contributed by atoms with van der Waals surface area (Å²) in [7, 11) is 0. The van der Waals surface area contributed by atoms with Gasteiger partial charge in [0.25, 0.3) is 0 Å². The summed E-state index contributed by atoms with van der Waals surface area (Å²) in [6.07, 6.45) is 9.35. The molecule has 110 valence electrons. The highest BCUT2D eigenvalue weighted by Crippen LogP contribution is 2.27. The lowest BCUT2D eigenvalue weighted by Gasteiger charge is -2.31. The van der Waals surface area contributed by atoms with Gasteiger partial charge in [-0.1, -0.05) is 25.0 Å². The summed E-state index contributed by atoms with van der Waals surface area (Å²) in [5.74, 6) is 1.63. The monoisotopic (exact) mass is 264 g/mol. The zero-order chi connectivity index (χ0) is 13.7.